The Hall–Kier alpha value is -2.08. The van der Waals surface area contributed by atoms with Crippen molar-refractivity contribution < 1.29 is 19.4 Å². The number of rotatable bonds is 6. The number of halogens is 2. The van der Waals surface area contributed by atoms with Gasteiger partial charge in [0.1, 0.15) is 12.2 Å². The minimum Gasteiger partial charge on any atom is -0.481 e. The number of carboxylic acids is 1. The van der Waals surface area contributed by atoms with Crippen LogP contribution in [0.2, 0.25) is 10.0 Å². The predicted molar refractivity (Wildman–Crippen MR) is 115 cm³/mol. The van der Waals surface area contributed by atoms with Gasteiger partial charge in [0.05, 0.1) is 12.0 Å². The lowest BCUT2D eigenvalue weighted by molar-refractivity contribution is -0.195. The van der Waals surface area contributed by atoms with E-state index in [-0.39, 0.29) is 12.3 Å². The third kappa shape index (κ3) is 4.07. The van der Waals surface area contributed by atoms with Gasteiger partial charge in [0, 0.05) is 16.6 Å². The van der Waals surface area contributed by atoms with Crippen LogP contribution in [0.15, 0.2) is 48.5 Å². The van der Waals surface area contributed by atoms with E-state index in [0.717, 1.165) is 24.0 Å². The van der Waals surface area contributed by atoms with Gasteiger partial charge in [-0.3, -0.25) is 9.59 Å². The fourth-order valence-corrected chi connectivity index (χ4v) is 4.52. The fraction of sp³-hybridized carbons (Fsp3) is 0.391. The van der Waals surface area contributed by atoms with Crippen molar-refractivity contribution in [2.45, 2.75) is 43.9 Å². The standard InChI is InChI=1S/C23H23Cl2NO4/c1-23(16-7-9-17(24)10-8-16)21(15-3-2-4-18(25)11-15)30-19(12-20(27)28)22(29)26(23)13-14-5-6-14/h2-4,7-11,14,19,21H,5-6,12-13H2,1H3,(H,27,28)/t19?,21?,23-/m1/s1. The molecule has 2 aromatic carbocycles. The van der Waals surface area contributed by atoms with E-state index >= 15 is 0 Å². The second-order valence-corrected chi connectivity index (χ2v) is 9.08. The Labute approximate surface area is 185 Å². The number of carbonyl (C=O) groups excluding carboxylic acids is 1. The first kappa shape index (κ1) is 21.2. The summed E-state index contributed by atoms with van der Waals surface area (Å²) in [4.78, 5) is 26.7. The zero-order valence-corrected chi connectivity index (χ0v) is 18.1. The van der Waals surface area contributed by atoms with Crippen LogP contribution >= 0.6 is 23.2 Å². The summed E-state index contributed by atoms with van der Waals surface area (Å²) >= 11 is 12.4. The first-order chi connectivity index (χ1) is 14.3. The minimum atomic E-state index is -1.07. The van der Waals surface area contributed by atoms with Gasteiger partial charge in [-0.2, -0.15) is 0 Å². The van der Waals surface area contributed by atoms with Crippen LogP contribution in [-0.4, -0.2) is 34.5 Å². The number of ether oxygens (including phenoxy) is 1. The molecule has 7 heteroatoms. The third-order valence-electron chi connectivity index (χ3n) is 5.99. The van der Waals surface area contributed by atoms with Crippen LogP contribution in [0.25, 0.3) is 0 Å². The summed E-state index contributed by atoms with van der Waals surface area (Å²) in [6, 6.07) is 14.7. The number of amides is 1. The molecule has 0 spiro atoms. The number of carboxylic acid groups (broad SMARTS) is 1. The molecule has 1 aliphatic heterocycles. The Morgan fingerprint density at radius 1 is 1.17 bits per heavy atom. The molecule has 1 heterocycles. The molecule has 1 amide bonds. The van der Waals surface area contributed by atoms with Crippen LogP contribution in [0.1, 0.15) is 43.4 Å². The summed E-state index contributed by atoms with van der Waals surface area (Å²) in [5.74, 6) is -0.941. The van der Waals surface area contributed by atoms with Crippen molar-refractivity contribution in [1.82, 2.24) is 4.90 Å². The maximum atomic E-state index is 13.4. The van der Waals surface area contributed by atoms with Gasteiger partial charge in [0.15, 0.2) is 0 Å². The second-order valence-electron chi connectivity index (χ2n) is 8.20. The Kier molecular flexibility index (Phi) is 5.80. The molecule has 3 atom stereocenters. The molecule has 1 saturated carbocycles. The monoisotopic (exact) mass is 447 g/mol. The van der Waals surface area contributed by atoms with Crippen LogP contribution < -0.4 is 0 Å². The van der Waals surface area contributed by atoms with E-state index in [0.29, 0.717) is 22.5 Å². The predicted octanol–water partition coefficient (Wildman–Crippen LogP) is 5.06. The van der Waals surface area contributed by atoms with Gasteiger partial charge in [-0.15, -0.1) is 0 Å². The number of morpholine rings is 1. The first-order valence-corrected chi connectivity index (χ1v) is 10.7. The second kappa shape index (κ2) is 8.22. The Morgan fingerprint density at radius 3 is 2.47 bits per heavy atom. The molecule has 5 nitrogen and oxygen atoms in total. The van der Waals surface area contributed by atoms with Crippen LogP contribution in [0, 0.1) is 5.92 Å². The molecule has 2 unspecified atom stereocenters. The summed E-state index contributed by atoms with van der Waals surface area (Å²) < 4.78 is 6.22. The lowest BCUT2D eigenvalue weighted by atomic mass is 9.78. The average molecular weight is 448 g/mol. The molecular formula is C23H23Cl2NO4. The molecule has 1 N–H and O–H groups in total. The van der Waals surface area contributed by atoms with Gasteiger partial charge in [-0.25, -0.2) is 0 Å². The van der Waals surface area contributed by atoms with Gasteiger partial charge < -0.3 is 14.7 Å². The van der Waals surface area contributed by atoms with Gasteiger partial charge >= 0.3 is 5.97 Å². The van der Waals surface area contributed by atoms with Crippen molar-refractivity contribution in [3.05, 3.63) is 69.7 Å². The third-order valence-corrected chi connectivity index (χ3v) is 6.48. The van der Waals surface area contributed by atoms with E-state index in [1.807, 2.05) is 42.2 Å². The van der Waals surface area contributed by atoms with Crippen molar-refractivity contribution in [1.29, 1.82) is 0 Å². The Morgan fingerprint density at radius 2 is 1.87 bits per heavy atom. The maximum Gasteiger partial charge on any atom is 0.306 e. The summed E-state index contributed by atoms with van der Waals surface area (Å²) in [5, 5.41) is 10.5. The summed E-state index contributed by atoms with van der Waals surface area (Å²) in [5.41, 5.74) is 0.826. The highest BCUT2D eigenvalue weighted by molar-refractivity contribution is 6.30. The molecule has 2 aromatic rings. The molecule has 0 bridgehead atoms. The van der Waals surface area contributed by atoms with Gasteiger partial charge in [-0.1, -0.05) is 47.5 Å². The SMILES string of the molecule is C[C@@]1(c2ccc(Cl)cc2)C(c2cccc(Cl)c2)OC(CC(=O)O)C(=O)N1CC1CC1. The van der Waals surface area contributed by atoms with Crippen molar-refractivity contribution in [3.63, 3.8) is 0 Å². The van der Waals surface area contributed by atoms with E-state index in [9.17, 15) is 14.7 Å². The molecule has 1 aliphatic carbocycles. The van der Waals surface area contributed by atoms with Crippen LogP contribution in [0.4, 0.5) is 0 Å². The van der Waals surface area contributed by atoms with Gasteiger partial charge in [-0.05, 0) is 61.1 Å². The van der Waals surface area contributed by atoms with Crippen molar-refractivity contribution in [2.24, 2.45) is 5.92 Å². The van der Waals surface area contributed by atoms with E-state index in [1.165, 1.54) is 0 Å². The lowest BCUT2D eigenvalue weighted by Gasteiger charge is -2.52. The molecule has 1 saturated heterocycles. The number of nitrogens with zero attached hydrogens (tertiary/aromatic N) is 1. The normalized spacial score (nSPS) is 26.6. The zero-order chi connectivity index (χ0) is 21.5. The van der Waals surface area contributed by atoms with Crippen molar-refractivity contribution in [2.75, 3.05) is 6.54 Å². The Balaban J connectivity index is 1.86. The smallest absolute Gasteiger partial charge is 0.306 e. The Bertz CT molecular complexity index is 960. The van der Waals surface area contributed by atoms with E-state index < -0.39 is 23.7 Å². The first-order valence-electron chi connectivity index (χ1n) is 9.99. The van der Waals surface area contributed by atoms with Crippen LogP contribution in [-0.2, 0) is 19.9 Å². The molecular weight excluding hydrogens is 425 g/mol. The largest absolute Gasteiger partial charge is 0.481 e. The summed E-state index contributed by atoms with van der Waals surface area (Å²) in [7, 11) is 0. The van der Waals surface area contributed by atoms with Crippen LogP contribution in [0.5, 0.6) is 0 Å². The molecule has 0 radical (unpaired) electrons. The number of benzene rings is 2. The van der Waals surface area contributed by atoms with Crippen molar-refractivity contribution in [3.8, 4) is 0 Å². The van der Waals surface area contributed by atoms with Crippen molar-refractivity contribution >= 4 is 35.1 Å². The average Bonchev–Trinajstić information content (AvgIpc) is 3.52. The number of carbonyl (C=O) groups is 2. The molecule has 158 valence electrons. The summed E-state index contributed by atoms with van der Waals surface area (Å²) in [6.45, 7) is 2.54. The van der Waals surface area contributed by atoms with E-state index in [2.05, 4.69) is 0 Å². The minimum absolute atomic E-state index is 0.292. The topological polar surface area (TPSA) is 66.8 Å². The number of hydrogen-bond acceptors (Lipinski definition) is 3. The van der Waals surface area contributed by atoms with Gasteiger partial charge in [0.25, 0.3) is 5.91 Å². The fourth-order valence-electron chi connectivity index (χ4n) is 4.20. The highest BCUT2D eigenvalue weighted by Gasteiger charge is 2.53. The number of aliphatic carboxylic acids is 1. The highest BCUT2D eigenvalue weighted by atomic mass is 35.5. The maximum absolute atomic E-state index is 13.4. The van der Waals surface area contributed by atoms with E-state index in [4.69, 9.17) is 27.9 Å². The number of hydrogen-bond donors (Lipinski definition) is 1. The lowest BCUT2D eigenvalue weighted by Crippen LogP contribution is -2.61. The molecule has 4 rings (SSSR count). The quantitative estimate of drug-likeness (QED) is 0.671. The van der Waals surface area contributed by atoms with E-state index in [1.54, 1.807) is 18.2 Å². The van der Waals surface area contributed by atoms with Gasteiger partial charge in [0.2, 0.25) is 0 Å². The molecule has 0 aromatic heterocycles. The molecule has 2 aliphatic rings. The highest BCUT2D eigenvalue weighted by Crippen LogP contribution is 2.49. The zero-order valence-electron chi connectivity index (χ0n) is 16.6. The van der Waals surface area contributed by atoms with Crippen LogP contribution in [0.3, 0.4) is 0 Å². The molecule has 30 heavy (non-hydrogen) atoms. The summed E-state index contributed by atoms with van der Waals surface area (Å²) in [6.07, 6.45) is 0.108. The molecule has 2 fully saturated rings.